The standard InChI is InChI=1S/C20H15ClN6O4/c21-16-4-2-1-3-15(16)19-24-23-17-9-10-18(25-26(17)19)31-12-11-22-20(28)13-5-7-14(8-6-13)27(29)30/h1-10H,11-12H2,(H,22,28). The van der Waals surface area contributed by atoms with Gasteiger partial charge in [0.1, 0.15) is 6.61 Å². The molecule has 1 amide bonds. The van der Waals surface area contributed by atoms with Gasteiger partial charge in [-0.15, -0.1) is 15.3 Å². The number of nitro benzene ring substituents is 1. The molecule has 0 spiro atoms. The first-order chi connectivity index (χ1) is 15.0. The van der Waals surface area contributed by atoms with Gasteiger partial charge in [-0.3, -0.25) is 14.9 Å². The van der Waals surface area contributed by atoms with Gasteiger partial charge in [-0.1, -0.05) is 23.7 Å². The maximum atomic E-state index is 12.1. The highest BCUT2D eigenvalue weighted by atomic mass is 35.5. The van der Waals surface area contributed by atoms with Crippen molar-refractivity contribution in [1.82, 2.24) is 25.1 Å². The van der Waals surface area contributed by atoms with Crippen molar-refractivity contribution in [3.63, 3.8) is 0 Å². The van der Waals surface area contributed by atoms with Crippen LogP contribution in [0.2, 0.25) is 5.02 Å². The molecule has 2 aromatic heterocycles. The highest BCUT2D eigenvalue weighted by Gasteiger charge is 2.13. The van der Waals surface area contributed by atoms with Gasteiger partial charge in [0.15, 0.2) is 11.5 Å². The molecule has 4 aromatic rings. The van der Waals surface area contributed by atoms with Crippen molar-refractivity contribution in [2.75, 3.05) is 13.2 Å². The Morgan fingerprint density at radius 3 is 2.61 bits per heavy atom. The summed E-state index contributed by atoms with van der Waals surface area (Å²) in [6.45, 7) is 0.385. The number of halogens is 1. The Bertz CT molecular complexity index is 1260. The molecule has 11 heteroatoms. The number of carbonyl (C=O) groups is 1. The molecule has 2 heterocycles. The van der Waals surface area contributed by atoms with Crippen LogP contribution in [0, 0.1) is 10.1 Å². The Hall–Kier alpha value is -4.05. The van der Waals surface area contributed by atoms with E-state index in [4.69, 9.17) is 16.3 Å². The summed E-state index contributed by atoms with van der Waals surface area (Å²) >= 11 is 6.25. The van der Waals surface area contributed by atoms with Crippen molar-refractivity contribution in [3.05, 3.63) is 81.4 Å². The number of rotatable bonds is 7. The molecule has 0 saturated carbocycles. The fourth-order valence-electron chi connectivity index (χ4n) is 2.82. The molecular weight excluding hydrogens is 424 g/mol. The highest BCUT2D eigenvalue weighted by Crippen LogP contribution is 2.26. The first-order valence-electron chi connectivity index (χ1n) is 9.16. The predicted molar refractivity (Wildman–Crippen MR) is 112 cm³/mol. The lowest BCUT2D eigenvalue weighted by atomic mass is 10.2. The van der Waals surface area contributed by atoms with E-state index in [1.165, 1.54) is 28.8 Å². The summed E-state index contributed by atoms with van der Waals surface area (Å²) in [6.07, 6.45) is 0. The van der Waals surface area contributed by atoms with E-state index in [0.717, 1.165) is 0 Å². The van der Waals surface area contributed by atoms with Crippen LogP contribution < -0.4 is 10.1 Å². The van der Waals surface area contributed by atoms with Crippen LogP contribution in [0.1, 0.15) is 10.4 Å². The smallest absolute Gasteiger partial charge is 0.269 e. The fourth-order valence-corrected chi connectivity index (χ4v) is 3.04. The summed E-state index contributed by atoms with van der Waals surface area (Å²) in [4.78, 5) is 22.3. The average Bonchev–Trinajstić information content (AvgIpc) is 3.20. The molecule has 0 aliphatic rings. The highest BCUT2D eigenvalue weighted by molar-refractivity contribution is 6.33. The number of nitro groups is 1. The number of benzene rings is 2. The Morgan fingerprint density at radius 2 is 1.87 bits per heavy atom. The molecule has 0 aliphatic carbocycles. The van der Waals surface area contributed by atoms with E-state index in [1.807, 2.05) is 18.2 Å². The van der Waals surface area contributed by atoms with E-state index in [2.05, 4.69) is 20.6 Å². The number of fused-ring (bicyclic) bond motifs is 1. The van der Waals surface area contributed by atoms with Crippen LogP contribution in [-0.2, 0) is 0 Å². The molecule has 1 N–H and O–H groups in total. The number of carbonyl (C=O) groups excluding carboxylic acids is 1. The lowest BCUT2D eigenvalue weighted by Gasteiger charge is -2.08. The van der Waals surface area contributed by atoms with E-state index < -0.39 is 4.92 Å². The van der Waals surface area contributed by atoms with E-state index in [0.29, 0.717) is 33.5 Å². The second-order valence-electron chi connectivity index (χ2n) is 6.35. The van der Waals surface area contributed by atoms with Gasteiger partial charge >= 0.3 is 0 Å². The lowest BCUT2D eigenvalue weighted by Crippen LogP contribution is -2.28. The molecule has 0 bridgehead atoms. The van der Waals surface area contributed by atoms with Crippen molar-refractivity contribution in [2.45, 2.75) is 0 Å². The molecule has 156 valence electrons. The van der Waals surface area contributed by atoms with Crippen molar-refractivity contribution >= 4 is 28.8 Å². The van der Waals surface area contributed by atoms with Gasteiger partial charge in [-0.2, -0.15) is 4.52 Å². The van der Waals surface area contributed by atoms with E-state index in [9.17, 15) is 14.9 Å². The molecule has 0 fully saturated rings. The largest absolute Gasteiger partial charge is 0.475 e. The van der Waals surface area contributed by atoms with Gasteiger partial charge in [-0.05, 0) is 30.3 Å². The number of nitrogens with zero attached hydrogens (tertiary/aromatic N) is 5. The third-order valence-corrected chi connectivity index (χ3v) is 4.66. The van der Waals surface area contributed by atoms with Gasteiger partial charge < -0.3 is 10.1 Å². The maximum Gasteiger partial charge on any atom is 0.269 e. The summed E-state index contributed by atoms with van der Waals surface area (Å²) in [7, 11) is 0. The van der Waals surface area contributed by atoms with Gasteiger partial charge in [0, 0.05) is 29.3 Å². The number of hydrogen-bond acceptors (Lipinski definition) is 7. The Morgan fingerprint density at radius 1 is 1.10 bits per heavy atom. The molecule has 2 aromatic carbocycles. The van der Waals surface area contributed by atoms with Crippen LogP contribution in [0.15, 0.2) is 60.7 Å². The van der Waals surface area contributed by atoms with Crippen molar-refractivity contribution < 1.29 is 14.5 Å². The van der Waals surface area contributed by atoms with E-state index in [1.54, 1.807) is 18.2 Å². The van der Waals surface area contributed by atoms with Gasteiger partial charge in [0.25, 0.3) is 11.6 Å². The Labute approximate surface area is 180 Å². The van der Waals surface area contributed by atoms with Crippen LogP contribution in [0.3, 0.4) is 0 Å². The van der Waals surface area contributed by atoms with Gasteiger partial charge in [0.2, 0.25) is 5.88 Å². The van der Waals surface area contributed by atoms with Crippen molar-refractivity contribution in [3.8, 4) is 17.3 Å². The number of nitrogens with one attached hydrogen (secondary N) is 1. The van der Waals surface area contributed by atoms with Crippen LogP contribution in [0.4, 0.5) is 5.69 Å². The third-order valence-electron chi connectivity index (χ3n) is 4.33. The summed E-state index contributed by atoms with van der Waals surface area (Å²) in [5, 5.41) is 26.5. The lowest BCUT2D eigenvalue weighted by molar-refractivity contribution is -0.384. The zero-order valence-corrected chi connectivity index (χ0v) is 16.7. The average molecular weight is 439 g/mol. The van der Waals surface area contributed by atoms with Crippen molar-refractivity contribution in [1.29, 1.82) is 0 Å². The summed E-state index contributed by atoms with van der Waals surface area (Å²) in [5.74, 6) is 0.449. The van der Waals surface area contributed by atoms with Gasteiger partial charge in [0.05, 0.1) is 16.5 Å². The molecule has 10 nitrogen and oxygen atoms in total. The fraction of sp³-hybridized carbons (Fsp3) is 0.100. The van der Waals surface area contributed by atoms with Crippen LogP contribution >= 0.6 is 11.6 Å². The monoisotopic (exact) mass is 438 g/mol. The molecule has 0 atom stereocenters. The number of aromatic nitrogens is 4. The third kappa shape index (κ3) is 4.43. The summed E-state index contributed by atoms with van der Waals surface area (Å²) in [5.41, 5.74) is 1.47. The minimum atomic E-state index is -0.522. The molecule has 31 heavy (non-hydrogen) atoms. The number of amides is 1. The predicted octanol–water partition coefficient (Wildman–Crippen LogP) is 3.16. The second kappa shape index (κ2) is 8.76. The number of ether oxygens (including phenoxy) is 1. The van der Waals surface area contributed by atoms with E-state index in [-0.39, 0.29) is 24.7 Å². The first kappa shape index (κ1) is 20.2. The summed E-state index contributed by atoms with van der Waals surface area (Å²) < 4.78 is 7.15. The summed E-state index contributed by atoms with van der Waals surface area (Å²) in [6, 6.07) is 16.0. The SMILES string of the molecule is O=C(NCCOc1ccc2nnc(-c3ccccc3Cl)n2n1)c1ccc([N+](=O)[O-])cc1. The zero-order chi connectivity index (χ0) is 21.8. The van der Waals surface area contributed by atoms with Crippen molar-refractivity contribution in [2.24, 2.45) is 0 Å². The Kier molecular flexibility index (Phi) is 5.72. The first-order valence-corrected chi connectivity index (χ1v) is 9.53. The van der Waals surface area contributed by atoms with E-state index >= 15 is 0 Å². The molecule has 4 rings (SSSR count). The van der Waals surface area contributed by atoms with Crippen LogP contribution in [0.25, 0.3) is 17.0 Å². The normalized spacial score (nSPS) is 10.7. The molecule has 0 saturated heterocycles. The molecule has 0 radical (unpaired) electrons. The number of non-ortho nitro benzene ring substituents is 1. The van der Waals surface area contributed by atoms with Crippen LogP contribution in [0.5, 0.6) is 5.88 Å². The van der Waals surface area contributed by atoms with Gasteiger partial charge in [-0.25, -0.2) is 0 Å². The minimum Gasteiger partial charge on any atom is -0.475 e. The topological polar surface area (TPSA) is 125 Å². The molecule has 0 unspecified atom stereocenters. The zero-order valence-electron chi connectivity index (χ0n) is 15.9. The molecule has 0 aliphatic heterocycles. The minimum absolute atomic E-state index is 0.0773. The number of hydrogen-bond donors (Lipinski definition) is 1. The van der Waals surface area contributed by atoms with Crippen LogP contribution in [-0.4, -0.2) is 43.8 Å². The molecular formula is C20H15ClN6O4. The Balaban J connectivity index is 1.38. The second-order valence-corrected chi connectivity index (χ2v) is 6.76. The maximum absolute atomic E-state index is 12.1. The quantitative estimate of drug-likeness (QED) is 0.267.